The molecular weight excluding hydrogens is 196 g/mol. The molecule has 4 nitrogen and oxygen atoms in total. The van der Waals surface area contributed by atoms with Gasteiger partial charge in [-0.25, -0.2) is 0 Å². The van der Waals surface area contributed by atoms with Gasteiger partial charge in [-0.15, -0.1) is 0 Å². The molecule has 0 aromatic rings. The van der Waals surface area contributed by atoms with Gasteiger partial charge in [-0.3, -0.25) is 9.59 Å². The molecule has 2 N–H and O–H groups in total. The molecular formula is C11H18O4. The zero-order valence-corrected chi connectivity index (χ0v) is 9.63. The van der Waals surface area contributed by atoms with Crippen molar-refractivity contribution in [3.05, 3.63) is 0 Å². The van der Waals surface area contributed by atoms with Crippen LogP contribution < -0.4 is 0 Å². The van der Waals surface area contributed by atoms with Gasteiger partial charge in [-0.2, -0.15) is 0 Å². The Labute approximate surface area is 89.3 Å². The van der Waals surface area contributed by atoms with Crippen molar-refractivity contribution in [1.82, 2.24) is 0 Å². The number of hydrogen-bond donors (Lipinski definition) is 2. The summed E-state index contributed by atoms with van der Waals surface area (Å²) in [4.78, 5) is 22.7. The van der Waals surface area contributed by atoms with Gasteiger partial charge < -0.3 is 10.2 Å². The molecule has 15 heavy (non-hydrogen) atoms. The zero-order valence-electron chi connectivity index (χ0n) is 9.63. The highest BCUT2D eigenvalue weighted by Crippen LogP contribution is 2.81. The molecule has 0 aromatic carbocycles. The van der Waals surface area contributed by atoms with E-state index in [-0.39, 0.29) is 0 Å². The second kappa shape index (κ2) is 2.97. The molecule has 1 fully saturated rings. The number of rotatable bonds is 4. The fourth-order valence-corrected chi connectivity index (χ4v) is 3.75. The van der Waals surface area contributed by atoms with Crippen molar-refractivity contribution in [3.8, 4) is 0 Å². The van der Waals surface area contributed by atoms with Crippen LogP contribution in [0.25, 0.3) is 0 Å². The second-order valence-corrected chi connectivity index (χ2v) is 4.75. The number of hydrogen-bond acceptors (Lipinski definition) is 2. The lowest BCUT2D eigenvalue weighted by atomic mass is 9.88. The van der Waals surface area contributed by atoms with Gasteiger partial charge in [0.1, 0.15) is 0 Å². The Hall–Kier alpha value is -1.06. The predicted octanol–water partition coefficient (Wildman–Crippen LogP) is 1.99. The predicted molar refractivity (Wildman–Crippen MR) is 54.5 cm³/mol. The lowest BCUT2D eigenvalue weighted by Crippen LogP contribution is -2.28. The van der Waals surface area contributed by atoms with Crippen molar-refractivity contribution >= 4 is 11.9 Å². The monoisotopic (exact) mass is 214 g/mol. The third-order valence-electron chi connectivity index (χ3n) is 4.59. The van der Waals surface area contributed by atoms with Crippen LogP contribution in [0, 0.1) is 16.2 Å². The van der Waals surface area contributed by atoms with E-state index < -0.39 is 28.2 Å². The van der Waals surface area contributed by atoms with Gasteiger partial charge in [0.2, 0.25) is 0 Å². The first kappa shape index (κ1) is 12.0. The Morgan fingerprint density at radius 3 is 1.27 bits per heavy atom. The van der Waals surface area contributed by atoms with Gasteiger partial charge in [0.05, 0.1) is 10.8 Å². The summed E-state index contributed by atoms with van der Waals surface area (Å²) in [6.45, 7) is 6.97. The molecule has 1 aliphatic carbocycles. The highest BCUT2D eigenvalue weighted by molar-refractivity contribution is 5.95. The topological polar surface area (TPSA) is 74.6 Å². The van der Waals surface area contributed by atoms with E-state index in [0.717, 1.165) is 0 Å². The van der Waals surface area contributed by atoms with Crippen LogP contribution in [0.3, 0.4) is 0 Å². The minimum absolute atomic E-state index is 0.357. The van der Waals surface area contributed by atoms with Gasteiger partial charge in [0.15, 0.2) is 0 Å². The molecule has 0 spiro atoms. The highest BCUT2D eigenvalue weighted by Gasteiger charge is 2.88. The molecule has 1 saturated carbocycles. The van der Waals surface area contributed by atoms with E-state index in [1.54, 1.807) is 27.7 Å². The van der Waals surface area contributed by atoms with E-state index in [4.69, 9.17) is 0 Å². The summed E-state index contributed by atoms with van der Waals surface area (Å²) in [5, 5.41) is 18.6. The standard InChI is InChI=1S/C11H18O4/c1-5-10(7(12)13)9(3,4)11(10,6-2)8(14)15/h5-6H2,1-4H3,(H,12,13)(H,14,15). The van der Waals surface area contributed by atoms with Crippen molar-refractivity contribution in [2.75, 3.05) is 0 Å². The summed E-state index contributed by atoms with van der Waals surface area (Å²) in [6.07, 6.45) is 0.713. The number of carbonyl (C=O) groups is 2. The van der Waals surface area contributed by atoms with Gasteiger partial charge in [0.25, 0.3) is 0 Å². The van der Waals surface area contributed by atoms with Gasteiger partial charge >= 0.3 is 11.9 Å². The Balaban J connectivity index is 3.35. The zero-order chi connectivity index (χ0) is 12.1. The van der Waals surface area contributed by atoms with Crippen molar-refractivity contribution in [1.29, 1.82) is 0 Å². The Bertz CT molecular complexity index is 291. The van der Waals surface area contributed by atoms with Crippen molar-refractivity contribution in [2.45, 2.75) is 40.5 Å². The molecule has 0 heterocycles. The average Bonchev–Trinajstić information content (AvgIpc) is 2.57. The maximum Gasteiger partial charge on any atom is 0.311 e. The Morgan fingerprint density at radius 1 is 0.933 bits per heavy atom. The minimum Gasteiger partial charge on any atom is -0.481 e. The largest absolute Gasteiger partial charge is 0.481 e. The smallest absolute Gasteiger partial charge is 0.311 e. The summed E-state index contributed by atoms with van der Waals surface area (Å²) < 4.78 is 0. The lowest BCUT2D eigenvalue weighted by Gasteiger charge is -2.15. The van der Waals surface area contributed by atoms with Crippen LogP contribution in [0.2, 0.25) is 0 Å². The summed E-state index contributed by atoms with van der Waals surface area (Å²) in [6, 6.07) is 0. The van der Waals surface area contributed by atoms with Crippen molar-refractivity contribution in [2.24, 2.45) is 16.2 Å². The van der Waals surface area contributed by atoms with Crippen LogP contribution in [-0.4, -0.2) is 22.2 Å². The quantitative estimate of drug-likeness (QED) is 0.750. The summed E-state index contributed by atoms with van der Waals surface area (Å²) in [5.74, 6) is -1.97. The summed E-state index contributed by atoms with van der Waals surface area (Å²) in [7, 11) is 0. The SMILES string of the molecule is CCC1(C(=O)O)C(C)(C)C1(CC)C(=O)O. The Kier molecular flexibility index (Phi) is 2.38. The van der Waals surface area contributed by atoms with Crippen LogP contribution >= 0.6 is 0 Å². The maximum atomic E-state index is 11.3. The molecule has 4 heteroatoms. The van der Waals surface area contributed by atoms with Gasteiger partial charge in [0, 0.05) is 0 Å². The van der Waals surface area contributed by atoms with Crippen LogP contribution in [0.4, 0.5) is 0 Å². The highest BCUT2D eigenvalue weighted by atomic mass is 16.4. The van der Waals surface area contributed by atoms with Crippen LogP contribution in [-0.2, 0) is 9.59 Å². The van der Waals surface area contributed by atoms with E-state index in [2.05, 4.69) is 0 Å². The Morgan fingerprint density at radius 2 is 1.20 bits per heavy atom. The molecule has 0 aromatic heterocycles. The fourth-order valence-electron chi connectivity index (χ4n) is 3.75. The minimum atomic E-state index is -1.11. The number of carboxylic acid groups (broad SMARTS) is 2. The van der Waals surface area contributed by atoms with Gasteiger partial charge in [-0.1, -0.05) is 27.7 Å². The summed E-state index contributed by atoms with van der Waals surface area (Å²) in [5.41, 5.74) is -2.90. The second-order valence-electron chi connectivity index (χ2n) is 4.75. The first-order valence-corrected chi connectivity index (χ1v) is 5.23. The van der Waals surface area contributed by atoms with Gasteiger partial charge in [-0.05, 0) is 18.3 Å². The molecule has 0 bridgehead atoms. The fraction of sp³-hybridized carbons (Fsp3) is 0.818. The van der Waals surface area contributed by atoms with Crippen molar-refractivity contribution < 1.29 is 19.8 Å². The lowest BCUT2D eigenvalue weighted by molar-refractivity contribution is -0.154. The number of carboxylic acids is 2. The summed E-state index contributed by atoms with van der Waals surface area (Å²) >= 11 is 0. The molecule has 0 aliphatic heterocycles. The van der Waals surface area contributed by atoms with Crippen LogP contribution in [0.1, 0.15) is 40.5 Å². The molecule has 1 rings (SSSR count). The molecule has 2 unspecified atom stereocenters. The third kappa shape index (κ3) is 0.880. The number of aliphatic carboxylic acids is 2. The molecule has 2 atom stereocenters. The first-order chi connectivity index (χ1) is 6.76. The van der Waals surface area contributed by atoms with E-state index in [1.165, 1.54) is 0 Å². The van der Waals surface area contributed by atoms with Crippen LogP contribution in [0.5, 0.6) is 0 Å². The van der Waals surface area contributed by atoms with E-state index in [9.17, 15) is 19.8 Å². The average molecular weight is 214 g/mol. The molecule has 0 radical (unpaired) electrons. The molecule has 0 saturated heterocycles. The first-order valence-electron chi connectivity index (χ1n) is 5.23. The van der Waals surface area contributed by atoms with E-state index >= 15 is 0 Å². The van der Waals surface area contributed by atoms with E-state index in [0.29, 0.717) is 12.8 Å². The maximum absolute atomic E-state index is 11.3. The van der Waals surface area contributed by atoms with Crippen LogP contribution in [0.15, 0.2) is 0 Å². The normalized spacial score (nSPS) is 37.3. The van der Waals surface area contributed by atoms with Crippen molar-refractivity contribution in [3.63, 3.8) is 0 Å². The molecule has 0 amide bonds. The third-order valence-corrected chi connectivity index (χ3v) is 4.59. The van der Waals surface area contributed by atoms with E-state index in [1.807, 2.05) is 0 Å². The molecule has 1 aliphatic rings. The molecule has 86 valence electrons.